The van der Waals surface area contributed by atoms with Crippen molar-refractivity contribution in [2.45, 2.75) is 65.5 Å². The molecule has 0 fully saturated rings. The largest absolute Gasteiger partial charge is 0.464 e. The maximum absolute atomic E-state index is 12.4. The molecule has 0 saturated heterocycles. The smallest absolute Gasteiger partial charge is 0.413 e. The van der Waals surface area contributed by atoms with E-state index >= 15 is 0 Å². The summed E-state index contributed by atoms with van der Waals surface area (Å²) in [5.74, 6) is -0.449. The first-order chi connectivity index (χ1) is 9.62. The van der Waals surface area contributed by atoms with E-state index in [0.717, 1.165) is 6.42 Å². The summed E-state index contributed by atoms with van der Waals surface area (Å²) < 4.78 is 15.6. The van der Waals surface area contributed by atoms with Crippen LogP contribution in [0.4, 0.5) is 4.79 Å². The van der Waals surface area contributed by atoms with Gasteiger partial charge in [0.25, 0.3) is 0 Å². The third-order valence-corrected chi connectivity index (χ3v) is 2.92. The van der Waals surface area contributed by atoms with E-state index in [-0.39, 0.29) is 13.3 Å². The van der Waals surface area contributed by atoms with Crippen molar-refractivity contribution < 1.29 is 23.8 Å². The average molecular weight is 303 g/mol. The summed E-state index contributed by atoms with van der Waals surface area (Å²) in [6.07, 6.45) is 0.598. The topological polar surface area (TPSA) is 65.1 Å². The van der Waals surface area contributed by atoms with E-state index in [4.69, 9.17) is 14.2 Å². The number of methoxy groups -OCH3 is 1. The molecule has 0 heterocycles. The summed E-state index contributed by atoms with van der Waals surface area (Å²) in [7, 11) is 1.47. The van der Waals surface area contributed by atoms with E-state index < -0.39 is 23.2 Å². The van der Waals surface area contributed by atoms with Crippen LogP contribution in [0.1, 0.15) is 54.4 Å². The predicted octanol–water partition coefficient (Wildman–Crippen LogP) is 2.95. The van der Waals surface area contributed by atoms with Crippen molar-refractivity contribution in [1.29, 1.82) is 0 Å². The van der Waals surface area contributed by atoms with Crippen LogP contribution < -0.4 is 0 Å². The minimum Gasteiger partial charge on any atom is -0.464 e. The zero-order chi connectivity index (χ0) is 16.7. The first kappa shape index (κ1) is 19.7. The van der Waals surface area contributed by atoms with Crippen molar-refractivity contribution >= 4 is 12.1 Å². The maximum atomic E-state index is 12.4. The number of ether oxygens (including phenoxy) is 3. The minimum atomic E-state index is -1.11. The van der Waals surface area contributed by atoms with E-state index in [1.54, 1.807) is 34.6 Å². The molecule has 0 aliphatic carbocycles. The Morgan fingerprint density at radius 2 is 1.67 bits per heavy atom. The fourth-order valence-corrected chi connectivity index (χ4v) is 1.96. The number of rotatable bonds is 7. The average Bonchev–Trinajstić information content (AvgIpc) is 2.34. The van der Waals surface area contributed by atoms with E-state index in [1.165, 1.54) is 12.0 Å². The van der Waals surface area contributed by atoms with Crippen molar-refractivity contribution in [3.8, 4) is 0 Å². The Morgan fingerprint density at radius 1 is 1.10 bits per heavy atom. The molecule has 1 atom stereocenters. The summed E-state index contributed by atoms with van der Waals surface area (Å²) >= 11 is 0. The van der Waals surface area contributed by atoms with Gasteiger partial charge in [0.2, 0.25) is 0 Å². The van der Waals surface area contributed by atoms with Gasteiger partial charge in [0.1, 0.15) is 17.9 Å². The van der Waals surface area contributed by atoms with Crippen LogP contribution in [0.5, 0.6) is 0 Å². The molecular weight excluding hydrogens is 274 g/mol. The van der Waals surface area contributed by atoms with Crippen molar-refractivity contribution in [3.05, 3.63) is 0 Å². The molecule has 0 aromatic heterocycles. The first-order valence-electron chi connectivity index (χ1n) is 7.29. The lowest BCUT2D eigenvalue weighted by Gasteiger charge is -2.39. The summed E-state index contributed by atoms with van der Waals surface area (Å²) in [4.78, 5) is 26.0. The third-order valence-electron chi connectivity index (χ3n) is 2.92. The van der Waals surface area contributed by atoms with Gasteiger partial charge in [-0.2, -0.15) is 0 Å². The van der Waals surface area contributed by atoms with Gasteiger partial charge in [-0.05, 0) is 41.0 Å². The lowest BCUT2D eigenvalue weighted by molar-refractivity contribution is -0.160. The summed E-state index contributed by atoms with van der Waals surface area (Å²) in [6.45, 7) is 10.9. The molecule has 0 radical (unpaired) electrons. The molecule has 0 rings (SSSR count). The first-order valence-corrected chi connectivity index (χ1v) is 7.29. The summed E-state index contributed by atoms with van der Waals surface area (Å²) in [5, 5.41) is 0. The van der Waals surface area contributed by atoms with Crippen LogP contribution in [-0.4, -0.2) is 48.5 Å². The van der Waals surface area contributed by atoms with Gasteiger partial charge in [0.15, 0.2) is 0 Å². The van der Waals surface area contributed by atoms with Crippen molar-refractivity contribution in [2.24, 2.45) is 0 Å². The highest BCUT2D eigenvalue weighted by molar-refractivity contribution is 5.85. The second-order valence-electron chi connectivity index (χ2n) is 6.07. The highest BCUT2D eigenvalue weighted by atomic mass is 16.6. The van der Waals surface area contributed by atoms with Crippen LogP contribution >= 0.6 is 0 Å². The van der Waals surface area contributed by atoms with E-state index in [9.17, 15) is 9.59 Å². The zero-order valence-electron chi connectivity index (χ0n) is 14.3. The van der Waals surface area contributed by atoms with E-state index in [0.29, 0.717) is 6.42 Å². The normalized spacial score (nSPS) is 14.2. The van der Waals surface area contributed by atoms with Gasteiger partial charge in [-0.15, -0.1) is 0 Å². The molecular formula is C15H29NO5. The third kappa shape index (κ3) is 5.91. The van der Waals surface area contributed by atoms with Crippen molar-refractivity contribution in [1.82, 2.24) is 4.90 Å². The predicted molar refractivity (Wildman–Crippen MR) is 79.9 cm³/mol. The van der Waals surface area contributed by atoms with Crippen molar-refractivity contribution in [2.75, 3.05) is 20.4 Å². The second-order valence-corrected chi connectivity index (χ2v) is 6.07. The van der Waals surface area contributed by atoms with Crippen LogP contribution in [0.3, 0.4) is 0 Å². The molecule has 6 nitrogen and oxygen atoms in total. The maximum Gasteiger partial charge on any atom is 0.413 e. The minimum absolute atomic E-state index is 0.0375. The lowest BCUT2D eigenvalue weighted by Crippen LogP contribution is -2.57. The van der Waals surface area contributed by atoms with Gasteiger partial charge in [-0.25, -0.2) is 9.59 Å². The Balaban J connectivity index is 5.41. The molecule has 0 aromatic carbocycles. The summed E-state index contributed by atoms with van der Waals surface area (Å²) in [5.41, 5.74) is -1.76. The van der Waals surface area contributed by atoms with Crippen LogP contribution in [0.15, 0.2) is 0 Å². The van der Waals surface area contributed by atoms with Crippen LogP contribution in [0.25, 0.3) is 0 Å². The molecule has 0 bridgehead atoms. The standard InChI is InChI=1S/C15H29NO5/c1-8-10-15(6,12(17)20-9-2)16(11-19-7)13(18)21-14(3,4)5/h8-11H2,1-7H3/t15-/m0/s1. The molecule has 124 valence electrons. The number of amides is 1. The number of esters is 1. The lowest BCUT2D eigenvalue weighted by atomic mass is 9.94. The Kier molecular flexibility index (Phi) is 7.71. The molecule has 0 aliphatic rings. The van der Waals surface area contributed by atoms with Gasteiger partial charge < -0.3 is 14.2 Å². The molecule has 0 aromatic rings. The number of carbonyl (C=O) groups excluding carboxylic acids is 2. The molecule has 1 amide bonds. The van der Waals surface area contributed by atoms with Crippen molar-refractivity contribution in [3.63, 3.8) is 0 Å². The molecule has 0 spiro atoms. The molecule has 0 unspecified atom stereocenters. The molecule has 0 saturated carbocycles. The van der Waals surface area contributed by atoms with Crippen LogP contribution in [0, 0.1) is 0 Å². The van der Waals surface area contributed by atoms with E-state index in [1.807, 2.05) is 6.92 Å². The van der Waals surface area contributed by atoms with Gasteiger partial charge >= 0.3 is 12.1 Å². The monoisotopic (exact) mass is 303 g/mol. The number of hydrogen-bond acceptors (Lipinski definition) is 5. The van der Waals surface area contributed by atoms with Gasteiger partial charge in [-0.1, -0.05) is 13.3 Å². The summed E-state index contributed by atoms with van der Waals surface area (Å²) in [6, 6.07) is 0. The highest BCUT2D eigenvalue weighted by Gasteiger charge is 2.44. The Bertz CT molecular complexity index is 350. The van der Waals surface area contributed by atoms with Gasteiger partial charge in [0, 0.05) is 7.11 Å². The highest BCUT2D eigenvalue weighted by Crippen LogP contribution is 2.26. The zero-order valence-corrected chi connectivity index (χ0v) is 14.3. The van der Waals surface area contributed by atoms with Gasteiger partial charge in [-0.3, -0.25) is 4.90 Å². The quantitative estimate of drug-likeness (QED) is 0.534. The van der Waals surface area contributed by atoms with Gasteiger partial charge in [0.05, 0.1) is 6.61 Å². The molecule has 0 aliphatic heterocycles. The van der Waals surface area contributed by atoms with E-state index in [2.05, 4.69) is 0 Å². The van der Waals surface area contributed by atoms with Crippen LogP contribution in [-0.2, 0) is 19.0 Å². The Labute approximate surface area is 127 Å². The van der Waals surface area contributed by atoms with Crippen LogP contribution in [0.2, 0.25) is 0 Å². The Morgan fingerprint density at radius 3 is 2.05 bits per heavy atom. The Hall–Kier alpha value is -1.30. The number of hydrogen-bond donors (Lipinski definition) is 0. The molecule has 0 N–H and O–H groups in total. The SMILES string of the molecule is CCC[C@@](C)(C(=O)OCC)N(COC)C(=O)OC(C)(C)C. The fraction of sp³-hybridized carbons (Fsp3) is 0.867. The fourth-order valence-electron chi connectivity index (χ4n) is 1.96. The molecule has 21 heavy (non-hydrogen) atoms. The number of nitrogens with zero attached hydrogens (tertiary/aromatic N) is 1. The molecule has 6 heteroatoms. The second kappa shape index (κ2) is 8.22. The number of carbonyl (C=O) groups is 2.